The molecule has 0 amide bonds. The fourth-order valence-corrected chi connectivity index (χ4v) is 2.77. The Hall–Kier alpha value is -1.97. The Morgan fingerprint density at radius 2 is 1.59 bits per heavy atom. The minimum Gasteiger partial charge on any atom is -0.423 e. The van der Waals surface area contributed by atoms with Crippen LogP contribution in [-0.2, 0) is 24.5 Å². The van der Waals surface area contributed by atoms with E-state index in [0.717, 1.165) is 32.0 Å². The Morgan fingerprint density at radius 1 is 1.09 bits per heavy atom. The molecule has 1 rings (SSSR count). The van der Waals surface area contributed by atoms with E-state index in [1.165, 1.54) is 0 Å². The molecule has 0 unspecified atom stereocenters. The van der Waals surface area contributed by atoms with Gasteiger partial charge in [-0.3, -0.25) is 18.9 Å². The van der Waals surface area contributed by atoms with E-state index in [1.807, 2.05) is 0 Å². The third-order valence-electron chi connectivity index (χ3n) is 2.28. The molecule has 0 saturated carbocycles. The van der Waals surface area contributed by atoms with Gasteiger partial charge in [0.2, 0.25) is 5.24 Å². The molecular weight excluding hydrogens is 340 g/mol. The standard InChI is InChI=1S/C12H11ClO8S/c1-6(14)20-9-4-3-8(5-10(9)21-7(2)15)11(12(13)16)22(17,18)19/h3-5,11H,1-2H3,(H,17,18,19)/t11-/m1/s1. The third-order valence-corrected chi connectivity index (χ3v) is 3.71. The molecule has 1 aromatic rings. The quantitative estimate of drug-likeness (QED) is 0.364. The van der Waals surface area contributed by atoms with Crippen LogP contribution in [-0.4, -0.2) is 30.2 Å². The number of carbonyl (C=O) groups is 3. The van der Waals surface area contributed by atoms with Crippen LogP contribution in [0.5, 0.6) is 11.5 Å². The minimum atomic E-state index is -4.83. The van der Waals surface area contributed by atoms with Gasteiger partial charge in [0.1, 0.15) is 0 Å². The summed E-state index contributed by atoms with van der Waals surface area (Å²) < 4.78 is 41.1. The van der Waals surface area contributed by atoms with Crippen LogP contribution in [0.2, 0.25) is 0 Å². The lowest BCUT2D eigenvalue weighted by Gasteiger charge is -2.13. The molecule has 0 spiro atoms. The summed E-state index contributed by atoms with van der Waals surface area (Å²) in [4.78, 5) is 33.2. The van der Waals surface area contributed by atoms with Gasteiger partial charge in [0, 0.05) is 13.8 Å². The zero-order chi connectivity index (χ0) is 17.1. The minimum absolute atomic E-state index is 0.164. The molecule has 0 bridgehead atoms. The van der Waals surface area contributed by atoms with Crippen molar-refractivity contribution in [1.29, 1.82) is 0 Å². The van der Waals surface area contributed by atoms with Crippen LogP contribution in [0.15, 0.2) is 18.2 Å². The predicted molar refractivity (Wildman–Crippen MR) is 74.2 cm³/mol. The van der Waals surface area contributed by atoms with Gasteiger partial charge in [0.15, 0.2) is 16.7 Å². The fraction of sp³-hybridized carbons (Fsp3) is 0.250. The van der Waals surface area contributed by atoms with E-state index in [4.69, 9.17) is 25.6 Å². The highest BCUT2D eigenvalue weighted by Crippen LogP contribution is 2.34. The molecule has 10 heteroatoms. The molecule has 0 aliphatic heterocycles. The summed E-state index contributed by atoms with van der Waals surface area (Å²) in [5.41, 5.74) is -0.255. The molecule has 0 fully saturated rings. The number of rotatable bonds is 5. The van der Waals surface area contributed by atoms with Gasteiger partial charge in [0.25, 0.3) is 10.1 Å². The Bertz CT molecular complexity index is 725. The average Bonchev–Trinajstić information content (AvgIpc) is 2.28. The molecule has 22 heavy (non-hydrogen) atoms. The SMILES string of the molecule is CC(=O)Oc1ccc([C@H](C(=O)Cl)S(=O)(=O)O)cc1OC(C)=O. The smallest absolute Gasteiger partial charge is 0.308 e. The zero-order valence-corrected chi connectivity index (χ0v) is 13.0. The molecule has 0 aliphatic carbocycles. The Labute approximate surface area is 130 Å². The molecule has 0 radical (unpaired) electrons. The number of ether oxygens (including phenoxy) is 2. The number of carbonyl (C=O) groups excluding carboxylic acids is 3. The first-order chi connectivity index (χ1) is 10.0. The highest BCUT2D eigenvalue weighted by atomic mass is 35.5. The molecule has 0 heterocycles. The number of hydrogen-bond donors (Lipinski definition) is 1. The number of esters is 2. The van der Waals surface area contributed by atoms with Crippen molar-refractivity contribution >= 4 is 38.9 Å². The second-order valence-corrected chi connectivity index (χ2v) is 5.97. The number of halogens is 1. The van der Waals surface area contributed by atoms with Crippen LogP contribution in [0.3, 0.4) is 0 Å². The van der Waals surface area contributed by atoms with E-state index in [0.29, 0.717) is 0 Å². The lowest BCUT2D eigenvalue weighted by atomic mass is 10.1. The van der Waals surface area contributed by atoms with E-state index >= 15 is 0 Å². The van der Waals surface area contributed by atoms with Gasteiger partial charge in [-0.2, -0.15) is 8.42 Å². The largest absolute Gasteiger partial charge is 0.423 e. The first-order valence-electron chi connectivity index (χ1n) is 5.68. The van der Waals surface area contributed by atoms with Gasteiger partial charge >= 0.3 is 11.9 Å². The molecule has 1 atom stereocenters. The number of benzene rings is 1. The van der Waals surface area contributed by atoms with Gasteiger partial charge in [-0.25, -0.2) is 0 Å². The van der Waals surface area contributed by atoms with Gasteiger partial charge in [-0.1, -0.05) is 6.07 Å². The van der Waals surface area contributed by atoms with Gasteiger partial charge < -0.3 is 9.47 Å². The van der Waals surface area contributed by atoms with Crippen molar-refractivity contribution in [1.82, 2.24) is 0 Å². The monoisotopic (exact) mass is 350 g/mol. The van der Waals surface area contributed by atoms with Crippen LogP contribution in [0.1, 0.15) is 24.7 Å². The summed E-state index contributed by atoms with van der Waals surface area (Å²) in [7, 11) is -4.83. The van der Waals surface area contributed by atoms with E-state index in [1.54, 1.807) is 0 Å². The van der Waals surface area contributed by atoms with Gasteiger partial charge in [0.05, 0.1) is 0 Å². The third kappa shape index (κ3) is 4.79. The second-order valence-electron chi connectivity index (χ2n) is 4.09. The lowest BCUT2D eigenvalue weighted by molar-refractivity contribution is -0.134. The Morgan fingerprint density at radius 3 is 2.00 bits per heavy atom. The van der Waals surface area contributed by atoms with Crippen LogP contribution < -0.4 is 9.47 Å². The zero-order valence-electron chi connectivity index (χ0n) is 11.4. The molecule has 1 N–H and O–H groups in total. The first-order valence-corrected chi connectivity index (χ1v) is 7.57. The molecular formula is C12H11ClO8S. The summed E-state index contributed by atoms with van der Waals surface area (Å²) in [6, 6.07) is 3.15. The van der Waals surface area contributed by atoms with Crippen molar-refractivity contribution in [2.45, 2.75) is 19.1 Å². The topological polar surface area (TPSA) is 124 Å². The fourth-order valence-electron chi connectivity index (χ4n) is 1.58. The second kappa shape index (κ2) is 6.86. The normalized spacial score (nSPS) is 12.4. The van der Waals surface area contributed by atoms with E-state index in [9.17, 15) is 22.8 Å². The molecule has 0 aromatic heterocycles. The Kier molecular flexibility index (Phi) is 5.64. The maximum Gasteiger partial charge on any atom is 0.308 e. The first kappa shape index (κ1) is 18.1. The van der Waals surface area contributed by atoms with Crippen LogP contribution in [0, 0.1) is 0 Å². The molecule has 120 valence electrons. The highest BCUT2D eigenvalue weighted by Gasteiger charge is 2.32. The maximum atomic E-state index is 11.2. The van der Waals surface area contributed by atoms with E-state index in [2.05, 4.69) is 0 Å². The van der Waals surface area contributed by atoms with E-state index < -0.39 is 32.5 Å². The van der Waals surface area contributed by atoms with Crippen LogP contribution >= 0.6 is 11.6 Å². The summed E-state index contributed by atoms with van der Waals surface area (Å²) in [6.07, 6.45) is 0. The van der Waals surface area contributed by atoms with Crippen molar-refractivity contribution in [3.8, 4) is 11.5 Å². The predicted octanol–water partition coefficient (Wildman–Crippen LogP) is 1.23. The maximum absolute atomic E-state index is 11.2. The highest BCUT2D eigenvalue weighted by molar-refractivity contribution is 7.87. The lowest BCUT2D eigenvalue weighted by Crippen LogP contribution is -2.18. The summed E-state index contributed by atoms with van der Waals surface area (Å²) in [5.74, 6) is -1.94. The average molecular weight is 351 g/mol. The van der Waals surface area contributed by atoms with E-state index in [-0.39, 0.29) is 17.1 Å². The molecule has 0 saturated heterocycles. The van der Waals surface area contributed by atoms with Crippen molar-refractivity contribution in [3.05, 3.63) is 23.8 Å². The summed E-state index contributed by atoms with van der Waals surface area (Å²) >= 11 is 5.17. The van der Waals surface area contributed by atoms with Crippen LogP contribution in [0.25, 0.3) is 0 Å². The number of hydrogen-bond acceptors (Lipinski definition) is 7. The Balaban J connectivity index is 3.42. The van der Waals surface area contributed by atoms with Gasteiger partial charge in [-0.05, 0) is 29.3 Å². The van der Waals surface area contributed by atoms with Crippen molar-refractivity contribution < 1.29 is 36.8 Å². The van der Waals surface area contributed by atoms with Crippen molar-refractivity contribution in [2.75, 3.05) is 0 Å². The van der Waals surface area contributed by atoms with Crippen LogP contribution in [0.4, 0.5) is 0 Å². The summed E-state index contributed by atoms with van der Waals surface area (Å²) in [5, 5.41) is -3.41. The van der Waals surface area contributed by atoms with Gasteiger partial charge in [-0.15, -0.1) is 0 Å². The van der Waals surface area contributed by atoms with Crippen molar-refractivity contribution in [2.24, 2.45) is 0 Å². The molecule has 0 aliphatic rings. The molecule has 1 aromatic carbocycles. The molecule has 8 nitrogen and oxygen atoms in total. The van der Waals surface area contributed by atoms with Crippen molar-refractivity contribution in [3.63, 3.8) is 0 Å². The summed E-state index contributed by atoms with van der Waals surface area (Å²) in [6.45, 7) is 2.17.